The number of hydrogen-bond donors (Lipinski definition) is 2. The first-order valence-electron chi connectivity index (χ1n) is 7.03. The first kappa shape index (κ1) is 16.5. The summed E-state index contributed by atoms with van der Waals surface area (Å²) in [6.45, 7) is 3.69. The Morgan fingerprint density at radius 1 is 1.30 bits per heavy atom. The number of rotatable bonds is 5. The number of nitrogens with one attached hydrogen (secondary N) is 1. The highest BCUT2D eigenvalue weighted by atomic mass is 16.5. The average molecular weight is 315 g/mol. The van der Waals surface area contributed by atoms with E-state index in [1.165, 1.54) is 7.11 Å². The molecule has 0 amide bonds. The van der Waals surface area contributed by atoms with Gasteiger partial charge in [-0.2, -0.15) is 0 Å². The van der Waals surface area contributed by atoms with Crippen molar-refractivity contribution in [3.8, 4) is 11.3 Å². The maximum Gasteiger partial charge on any atom is 0.338 e. The number of ether oxygens (including phenoxy) is 1. The second-order valence-electron chi connectivity index (χ2n) is 5.35. The molecule has 0 bridgehead atoms. The monoisotopic (exact) mass is 315 g/mol. The topological polar surface area (TPSA) is 96.5 Å². The van der Waals surface area contributed by atoms with Crippen LogP contribution in [0.3, 0.4) is 0 Å². The number of methoxy groups -OCH3 is 1. The van der Waals surface area contributed by atoms with Gasteiger partial charge in [0.05, 0.1) is 29.6 Å². The van der Waals surface area contributed by atoms with E-state index >= 15 is 0 Å². The Kier molecular flexibility index (Phi) is 4.64. The lowest BCUT2D eigenvalue weighted by molar-refractivity contribution is 0.0599. The number of benzene rings is 1. The largest absolute Gasteiger partial charge is 0.478 e. The smallest absolute Gasteiger partial charge is 0.338 e. The second-order valence-corrected chi connectivity index (χ2v) is 5.35. The van der Waals surface area contributed by atoms with Crippen LogP contribution >= 0.6 is 0 Å². The van der Waals surface area contributed by atoms with Gasteiger partial charge in [-0.15, -0.1) is 0 Å². The van der Waals surface area contributed by atoms with Crippen molar-refractivity contribution in [2.75, 3.05) is 7.11 Å². The molecule has 0 aliphatic heterocycles. The SMILES string of the molecule is COC(=O)c1cccc(-c2[nH]c(C=O)c(C(=O)O)c2C(C)C)c1. The van der Waals surface area contributed by atoms with E-state index in [1.54, 1.807) is 24.3 Å². The van der Waals surface area contributed by atoms with Crippen molar-refractivity contribution in [1.29, 1.82) is 0 Å². The number of H-pyrrole nitrogens is 1. The number of carboxylic acids is 1. The molecule has 0 saturated heterocycles. The van der Waals surface area contributed by atoms with E-state index in [1.807, 2.05) is 13.8 Å². The van der Waals surface area contributed by atoms with Crippen molar-refractivity contribution in [2.24, 2.45) is 0 Å². The van der Waals surface area contributed by atoms with E-state index in [9.17, 15) is 19.5 Å². The van der Waals surface area contributed by atoms with Gasteiger partial charge < -0.3 is 14.8 Å². The van der Waals surface area contributed by atoms with Crippen LogP contribution in [0.1, 0.15) is 56.5 Å². The number of aromatic nitrogens is 1. The first-order valence-corrected chi connectivity index (χ1v) is 7.03. The summed E-state index contributed by atoms with van der Waals surface area (Å²) < 4.78 is 4.69. The van der Waals surface area contributed by atoms with Crippen LogP contribution in [-0.2, 0) is 4.74 Å². The van der Waals surface area contributed by atoms with Crippen molar-refractivity contribution < 1.29 is 24.2 Å². The van der Waals surface area contributed by atoms with Gasteiger partial charge in [0.25, 0.3) is 0 Å². The molecule has 23 heavy (non-hydrogen) atoms. The number of aromatic amines is 1. The predicted octanol–water partition coefficient (Wildman–Crippen LogP) is 3.10. The third-order valence-corrected chi connectivity index (χ3v) is 3.55. The molecule has 1 heterocycles. The van der Waals surface area contributed by atoms with E-state index in [2.05, 4.69) is 4.98 Å². The number of carbonyl (C=O) groups excluding carboxylic acids is 2. The maximum absolute atomic E-state index is 11.7. The summed E-state index contributed by atoms with van der Waals surface area (Å²) in [5, 5.41) is 9.41. The van der Waals surface area contributed by atoms with Crippen LogP contribution < -0.4 is 0 Å². The molecule has 0 unspecified atom stereocenters. The van der Waals surface area contributed by atoms with Crippen LogP contribution in [0.2, 0.25) is 0 Å². The van der Waals surface area contributed by atoms with Crippen molar-refractivity contribution in [3.05, 3.63) is 46.6 Å². The van der Waals surface area contributed by atoms with Gasteiger partial charge in [0, 0.05) is 0 Å². The fourth-order valence-corrected chi connectivity index (χ4v) is 2.58. The number of hydrogen-bond acceptors (Lipinski definition) is 4. The van der Waals surface area contributed by atoms with Crippen molar-refractivity contribution >= 4 is 18.2 Å². The lowest BCUT2D eigenvalue weighted by atomic mass is 9.94. The molecule has 6 heteroatoms. The van der Waals surface area contributed by atoms with Crippen LogP contribution in [0, 0.1) is 0 Å². The molecular weight excluding hydrogens is 298 g/mol. The quantitative estimate of drug-likeness (QED) is 0.653. The first-order chi connectivity index (χ1) is 10.9. The van der Waals surface area contributed by atoms with Gasteiger partial charge in [-0.25, -0.2) is 9.59 Å². The predicted molar refractivity (Wildman–Crippen MR) is 84.0 cm³/mol. The summed E-state index contributed by atoms with van der Waals surface area (Å²) in [6, 6.07) is 6.62. The lowest BCUT2D eigenvalue weighted by Crippen LogP contribution is -2.04. The van der Waals surface area contributed by atoms with Gasteiger partial charge in [-0.1, -0.05) is 26.0 Å². The van der Waals surface area contributed by atoms with Crippen LogP contribution in [0.4, 0.5) is 0 Å². The molecule has 0 fully saturated rings. The Hall–Kier alpha value is -2.89. The standard InChI is InChI=1S/C17H17NO5/c1-9(2)13-14(16(20)21)12(8-19)18-15(13)10-5-4-6-11(7-10)17(22)23-3/h4-9,18H,1-3H3,(H,20,21). The number of aromatic carboxylic acids is 1. The highest BCUT2D eigenvalue weighted by Crippen LogP contribution is 2.34. The minimum absolute atomic E-state index is 0.0136. The molecule has 2 N–H and O–H groups in total. The van der Waals surface area contributed by atoms with Crippen LogP contribution in [0.5, 0.6) is 0 Å². The van der Waals surface area contributed by atoms with Gasteiger partial charge in [0.2, 0.25) is 0 Å². The zero-order chi connectivity index (χ0) is 17.1. The zero-order valence-corrected chi connectivity index (χ0v) is 13.0. The summed E-state index contributed by atoms with van der Waals surface area (Å²) in [7, 11) is 1.29. The molecule has 1 aromatic heterocycles. The van der Waals surface area contributed by atoms with Crippen LogP contribution in [0.25, 0.3) is 11.3 Å². The van der Waals surface area contributed by atoms with Gasteiger partial charge in [-0.3, -0.25) is 4.79 Å². The van der Waals surface area contributed by atoms with Gasteiger partial charge >= 0.3 is 11.9 Å². The third kappa shape index (κ3) is 3.01. The maximum atomic E-state index is 11.7. The fourth-order valence-electron chi connectivity index (χ4n) is 2.58. The molecule has 120 valence electrons. The molecule has 0 spiro atoms. The Morgan fingerprint density at radius 2 is 2.00 bits per heavy atom. The van der Waals surface area contributed by atoms with Crippen molar-refractivity contribution in [1.82, 2.24) is 4.98 Å². The van der Waals surface area contributed by atoms with Gasteiger partial charge in [-0.05, 0) is 29.2 Å². The summed E-state index contributed by atoms with van der Waals surface area (Å²) in [6.07, 6.45) is 0.489. The van der Waals surface area contributed by atoms with Gasteiger partial charge in [0.15, 0.2) is 6.29 Å². The highest BCUT2D eigenvalue weighted by Gasteiger charge is 2.25. The summed E-state index contributed by atoms with van der Waals surface area (Å²) >= 11 is 0. The summed E-state index contributed by atoms with van der Waals surface area (Å²) in [5.41, 5.74) is 1.99. The minimum atomic E-state index is -1.16. The Labute approximate surface area is 133 Å². The highest BCUT2D eigenvalue weighted by molar-refractivity contribution is 6.01. The Bertz CT molecular complexity index is 773. The second kappa shape index (κ2) is 6.48. The summed E-state index contributed by atoms with van der Waals surface area (Å²) in [4.78, 5) is 37.3. The molecule has 2 aromatic rings. The van der Waals surface area contributed by atoms with Crippen LogP contribution in [0.15, 0.2) is 24.3 Å². The molecule has 0 aliphatic rings. The van der Waals surface area contributed by atoms with Crippen molar-refractivity contribution in [2.45, 2.75) is 19.8 Å². The molecule has 6 nitrogen and oxygen atoms in total. The molecule has 0 aliphatic carbocycles. The number of carbonyl (C=O) groups is 3. The fraction of sp³-hybridized carbons (Fsp3) is 0.235. The Morgan fingerprint density at radius 3 is 2.52 bits per heavy atom. The third-order valence-electron chi connectivity index (χ3n) is 3.55. The average Bonchev–Trinajstić information content (AvgIpc) is 2.94. The number of carboxylic acid groups (broad SMARTS) is 1. The van der Waals surface area contributed by atoms with E-state index < -0.39 is 11.9 Å². The zero-order valence-electron chi connectivity index (χ0n) is 13.0. The van der Waals surface area contributed by atoms with E-state index in [-0.39, 0.29) is 17.2 Å². The van der Waals surface area contributed by atoms with E-state index in [0.29, 0.717) is 28.7 Å². The molecule has 0 atom stereocenters. The van der Waals surface area contributed by atoms with E-state index in [4.69, 9.17) is 4.74 Å². The lowest BCUT2D eigenvalue weighted by Gasteiger charge is -2.10. The molecular formula is C17H17NO5. The van der Waals surface area contributed by atoms with Crippen LogP contribution in [-0.4, -0.2) is 35.4 Å². The van der Waals surface area contributed by atoms with Gasteiger partial charge in [0.1, 0.15) is 0 Å². The number of esters is 1. The summed E-state index contributed by atoms with van der Waals surface area (Å²) in [5.74, 6) is -1.77. The normalized spacial score (nSPS) is 10.6. The molecule has 0 saturated carbocycles. The molecule has 1 aromatic carbocycles. The molecule has 2 rings (SSSR count). The van der Waals surface area contributed by atoms with E-state index in [0.717, 1.165) is 0 Å². The minimum Gasteiger partial charge on any atom is -0.478 e. The van der Waals surface area contributed by atoms with Crippen molar-refractivity contribution in [3.63, 3.8) is 0 Å². The molecule has 0 radical (unpaired) electrons. The Balaban J connectivity index is 2.71. The number of aldehydes is 1.